The topological polar surface area (TPSA) is 78.3 Å². The molecule has 0 spiro atoms. The van der Waals surface area contributed by atoms with Gasteiger partial charge in [-0.15, -0.1) is 5.10 Å². The molecule has 1 aromatic carbocycles. The average Bonchev–Trinajstić information content (AvgIpc) is 3.07. The highest BCUT2D eigenvalue weighted by atomic mass is 32.2. The number of carbonyl (C=O) groups excluding carboxylic acids is 1. The standard InChI is InChI=1S/C20H24N4O3S/c1-20(2)9-13-16(14(25)10-20)17(24-18(21-13)22-19(23-24)28-5)12-7-6-11(26-3)8-15(12)27-4/h6-8,17H,9-10H2,1-5H3,(H,21,22,23)/t17-/m0/s1. The molecule has 0 amide bonds. The Hall–Kier alpha value is -2.48. The van der Waals surface area contributed by atoms with E-state index in [0.29, 0.717) is 29.0 Å². The minimum atomic E-state index is -0.385. The molecule has 2 heterocycles. The zero-order valence-electron chi connectivity index (χ0n) is 16.7. The maximum absolute atomic E-state index is 13.2. The van der Waals surface area contributed by atoms with Crippen molar-refractivity contribution >= 4 is 23.5 Å². The van der Waals surface area contributed by atoms with E-state index in [1.165, 1.54) is 11.8 Å². The predicted molar refractivity (Wildman–Crippen MR) is 108 cm³/mol. The van der Waals surface area contributed by atoms with Crippen LogP contribution in [-0.2, 0) is 4.79 Å². The molecule has 4 rings (SSSR count). The molecule has 1 aliphatic carbocycles. The number of rotatable bonds is 4. The number of benzene rings is 1. The molecule has 0 bridgehead atoms. The van der Waals surface area contributed by atoms with E-state index < -0.39 is 0 Å². The SMILES string of the molecule is COc1ccc([C@H]2C3=C(CC(C)(C)CC3=O)Nc3nc(SC)nn32)c(OC)c1. The summed E-state index contributed by atoms with van der Waals surface area (Å²) in [5, 5.41) is 8.67. The molecule has 0 fully saturated rings. The molecule has 0 saturated carbocycles. The highest BCUT2D eigenvalue weighted by molar-refractivity contribution is 7.98. The predicted octanol–water partition coefficient (Wildman–Crippen LogP) is 3.68. The van der Waals surface area contributed by atoms with Crippen LogP contribution in [0.4, 0.5) is 5.95 Å². The second-order valence-corrected chi connectivity index (χ2v) is 8.61. The fourth-order valence-electron chi connectivity index (χ4n) is 4.01. The summed E-state index contributed by atoms with van der Waals surface area (Å²) in [4.78, 5) is 17.8. The molecule has 8 heteroatoms. The first-order valence-electron chi connectivity index (χ1n) is 9.12. The minimum Gasteiger partial charge on any atom is -0.497 e. The lowest BCUT2D eigenvalue weighted by Crippen LogP contribution is -2.36. The van der Waals surface area contributed by atoms with Crippen molar-refractivity contribution in [1.29, 1.82) is 0 Å². The summed E-state index contributed by atoms with van der Waals surface area (Å²) in [5.74, 6) is 2.14. The number of thioether (sulfide) groups is 1. The summed E-state index contributed by atoms with van der Waals surface area (Å²) in [6.07, 6.45) is 3.22. The Kier molecular flexibility index (Phi) is 4.61. The van der Waals surface area contributed by atoms with Gasteiger partial charge < -0.3 is 14.8 Å². The fraction of sp³-hybridized carbons (Fsp3) is 0.450. The number of carbonyl (C=O) groups is 1. The molecule has 0 unspecified atom stereocenters. The van der Waals surface area contributed by atoms with Crippen molar-refractivity contribution < 1.29 is 14.3 Å². The fourth-order valence-corrected chi connectivity index (χ4v) is 4.36. The Labute approximate surface area is 168 Å². The first kappa shape index (κ1) is 18.9. The number of aromatic nitrogens is 3. The van der Waals surface area contributed by atoms with Crippen molar-refractivity contribution in [2.75, 3.05) is 25.8 Å². The summed E-state index contributed by atoms with van der Waals surface area (Å²) >= 11 is 1.47. The molecular weight excluding hydrogens is 376 g/mol. The molecule has 7 nitrogen and oxygen atoms in total. The molecule has 1 aromatic heterocycles. The number of fused-ring (bicyclic) bond motifs is 1. The summed E-state index contributed by atoms with van der Waals surface area (Å²) in [6.45, 7) is 4.23. The maximum Gasteiger partial charge on any atom is 0.227 e. The van der Waals surface area contributed by atoms with Gasteiger partial charge >= 0.3 is 0 Å². The van der Waals surface area contributed by atoms with Crippen LogP contribution in [0.25, 0.3) is 0 Å². The molecule has 0 saturated heterocycles. The summed E-state index contributed by atoms with van der Waals surface area (Å²) in [6, 6.07) is 5.27. The van der Waals surface area contributed by atoms with Gasteiger partial charge in [0.15, 0.2) is 5.78 Å². The summed E-state index contributed by atoms with van der Waals surface area (Å²) in [5.41, 5.74) is 2.44. The van der Waals surface area contributed by atoms with Crippen LogP contribution in [0, 0.1) is 5.41 Å². The Morgan fingerprint density at radius 3 is 2.71 bits per heavy atom. The number of methoxy groups -OCH3 is 2. The second-order valence-electron chi connectivity index (χ2n) is 7.84. The minimum absolute atomic E-state index is 0.0952. The lowest BCUT2D eigenvalue weighted by molar-refractivity contribution is -0.118. The molecule has 0 radical (unpaired) electrons. The monoisotopic (exact) mass is 400 g/mol. The number of nitrogens with one attached hydrogen (secondary N) is 1. The number of hydrogen-bond acceptors (Lipinski definition) is 7. The van der Waals surface area contributed by atoms with Gasteiger partial charge in [-0.2, -0.15) is 4.98 Å². The molecule has 148 valence electrons. The first-order chi connectivity index (χ1) is 13.4. The third-order valence-corrected chi connectivity index (χ3v) is 5.77. The molecule has 1 atom stereocenters. The van der Waals surface area contributed by atoms with Crippen LogP contribution >= 0.6 is 11.8 Å². The second kappa shape index (κ2) is 6.84. The Balaban J connectivity index is 1.93. The molecule has 1 N–H and O–H groups in total. The zero-order valence-corrected chi connectivity index (χ0v) is 17.5. The van der Waals surface area contributed by atoms with E-state index >= 15 is 0 Å². The van der Waals surface area contributed by atoms with Crippen LogP contribution < -0.4 is 14.8 Å². The largest absolute Gasteiger partial charge is 0.497 e. The molecular formula is C20H24N4O3S. The van der Waals surface area contributed by atoms with E-state index in [9.17, 15) is 4.79 Å². The lowest BCUT2D eigenvalue weighted by atomic mass is 9.73. The highest BCUT2D eigenvalue weighted by Gasteiger charge is 2.42. The maximum atomic E-state index is 13.2. The van der Waals surface area contributed by atoms with Crippen LogP contribution in [-0.4, -0.2) is 41.0 Å². The van der Waals surface area contributed by atoms with Crippen LogP contribution in [0.5, 0.6) is 11.5 Å². The van der Waals surface area contributed by atoms with Gasteiger partial charge in [-0.1, -0.05) is 25.6 Å². The van der Waals surface area contributed by atoms with E-state index in [4.69, 9.17) is 9.47 Å². The quantitative estimate of drug-likeness (QED) is 0.785. The summed E-state index contributed by atoms with van der Waals surface area (Å²) < 4.78 is 12.8. The van der Waals surface area contributed by atoms with E-state index in [0.717, 1.165) is 23.3 Å². The van der Waals surface area contributed by atoms with Crippen molar-refractivity contribution in [2.45, 2.75) is 37.9 Å². The number of Topliss-reactive ketones (excluding diaryl/α,β-unsaturated/α-hetero) is 1. The van der Waals surface area contributed by atoms with Crippen molar-refractivity contribution in [3.63, 3.8) is 0 Å². The average molecular weight is 401 g/mol. The van der Waals surface area contributed by atoms with Gasteiger partial charge in [0.2, 0.25) is 11.1 Å². The molecule has 28 heavy (non-hydrogen) atoms. The van der Waals surface area contributed by atoms with Crippen LogP contribution in [0.1, 0.15) is 38.3 Å². The van der Waals surface area contributed by atoms with E-state index in [2.05, 4.69) is 29.2 Å². The van der Waals surface area contributed by atoms with Gasteiger partial charge in [0, 0.05) is 29.3 Å². The van der Waals surface area contributed by atoms with Crippen LogP contribution in [0.15, 0.2) is 34.6 Å². The molecule has 2 aliphatic rings. The van der Waals surface area contributed by atoms with Crippen molar-refractivity contribution in [2.24, 2.45) is 5.41 Å². The number of hydrogen-bond donors (Lipinski definition) is 1. The molecule has 1 aliphatic heterocycles. The third kappa shape index (κ3) is 3.05. The normalized spacial score (nSPS) is 20.3. The van der Waals surface area contributed by atoms with E-state index in [1.807, 2.05) is 24.5 Å². The number of ketones is 1. The van der Waals surface area contributed by atoms with Crippen molar-refractivity contribution in [3.8, 4) is 11.5 Å². The van der Waals surface area contributed by atoms with Crippen molar-refractivity contribution in [3.05, 3.63) is 35.0 Å². The van der Waals surface area contributed by atoms with Gasteiger partial charge in [-0.25, -0.2) is 4.68 Å². The van der Waals surface area contributed by atoms with Gasteiger partial charge in [0.25, 0.3) is 0 Å². The smallest absolute Gasteiger partial charge is 0.227 e. The number of ether oxygens (including phenoxy) is 2. The third-order valence-electron chi connectivity index (χ3n) is 5.23. The Morgan fingerprint density at radius 1 is 1.25 bits per heavy atom. The highest BCUT2D eigenvalue weighted by Crippen LogP contribution is 2.47. The number of nitrogens with zero attached hydrogens (tertiary/aromatic N) is 3. The first-order valence-corrected chi connectivity index (χ1v) is 10.3. The van der Waals surface area contributed by atoms with E-state index in [-0.39, 0.29) is 17.2 Å². The lowest BCUT2D eigenvalue weighted by Gasteiger charge is -2.38. The number of allylic oxidation sites excluding steroid dienone is 2. The van der Waals surface area contributed by atoms with Gasteiger partial charge in [-0.3, -0.25) is 4.79 Å². The summed E-state index contributed by atoms with van der Waals surface area (Å²) in [7, 11) is 3.24. The zero-order chi connectivity index (χ0) is 20.1. The Bertz CT molecular complexity index is 980. The Morgan fingerprint density at radius 2 is 2.04 bits per heavy atom. The van der Waals surface area contributed by atoms with Crippen molar-refractivity contribution in [1.82, 2.24) is 14.8 Å². The number of anilines is 1. The molecule has 2 aromatic rings. The van der Waals surface area contributed by atoms with Crippen LogP contribution in [0.2, 0.25) is 0 Å². The van der Waals surface area contributed by atoms with Gasteiger partial charge in [-0.05, 0) is 30.2 Å². The van der Waals surface area contributed by atoms with Gasteiger partial charge in [0.05, 0.1) is 14.2 Å². The van der Waals surface area contributed by atoms with Crippen LogP contribution in [0.3, 0.4) is 0 Å². The van der Waals surface area contributed by atoms with Gasteiger partial charge in [0.1, 0.15) is 17.5 Å². The van der Waals surface area contributed by atoms with E-state index in [1.54, 1.807) is 18.9 Å².